The lowest BCUT2D eigenvalue weighted by atomic mass is 9.77. The molecule has 5 rings (SSSR count). The molecule has 1 aliphatic heterocycles. The highest BCUT2D eigenvalue weighted by Crippen LogP contribution is 2.32. The minimum Gasteiger partial charge on any atom is -0.351 e. The summed E-state index contributed by atoms with van der Waals surface area (Å²) in [7, 11) is 0. The third-order valence-corrected chi connectivity index (χ3v) is 10.4. The Kier molecular flexibility index (Phi) is 13.8. The predicted octanol–water partition coefficient (Wildman–Crippen LogP) is 6.68. The van der Waals surface area contributed by atoms with E-state index < -0.39 is 5.92 Å². The van der Waals surface area contributed by atoms with Crippen molar-refractivity contribution in [3.05, 3.63) is 89.0 Å². The maximum atomic E-state index is 13.8. The molecule has 1 heterocycles. The first-order valence-electron chi connectivity index (χ1n) is 18.6. The second-order valence-corrected chi connectivity index (χ2v) is 13.7. The van der Waals surface area contributed by atoms with Crippen LogP contribution in [0.2, 0.25) is 0 Å². The second kappa shape index (κ2) is 18.6. The SMILES string of the molecule is CCc1ccc(C(=O)NCCN(CC)CC)cc1-c1ccc(C[C@H](CC(=O)C2CCC(CN)CC2)C(=O)Nc2ccc(C3=NCN=N3)cc2)cc1. The standard InChI is InChI=1S/C41H53N7O3/c1-4-30-15-16-34(40(50)43-21-22-48(5-2)6-3)24-37(30)31-11-7-28(8-12-31)23-35(25-38(49)32-13-9-29(26-42)10-14-32)41(51)46-36-19-17-33(18-20-36)39-44-27-45-47-39/h7-8,11-12,15-20,24,29,32,35H,4-6,9-10,13-14,21-23,25-27,42H2,1-3H3,(H,43,50)(H,46,51)/t29?,32?,35-/m1/s1. The molecule has 0 saturated heterocycles. The van der Waals surface area contributed by atoms with E-state index in [0.29, 0.717) is 49.2 Å². The summed E-state index contributed by atoms with van der Waals surface area (Å²) in [6, 6.07) is 21.5. The molecule has 1 fully saturated rings. The number of azo groups is 1. The first kappa shape index (κ1) is 37.7. The van der Waals surface area contributed by atoms with Crippen LogP contribution in [0.5, 0.6) is 0 Å². The van der Waals surface area contributed by atoms with Crippen LogP contribution < -0.4 is 16.4 Å². The maximum Gasteiger partial charge on any atom is 0.251 e. The van der Waals surface area contributed by atoms with Gasteiger partial charge in [-0.3, -0.25) is 14.4 Å². The highest BCUT2D eigenvalue weighted by Gasteiger charge is 2.30. The summed E-state index contributed by atoms with van der Waals surface area (Å²) >= 11 is 0. The van der Waals surface area contributed by atoms with Crippen LogP contribution in [0, 0.1) is 17.8 Å². The molecule has 1 aliphatic carbocycles. The van der Waals surface area contributed by atoms with Crippen LogP contribution in [0.25, 0.3) is 11.1 Å². The average molecular weight is 692 g/mol. The molecule has 0 bridgehead atoms. The average Bonchev–Trinajstić information content (AvgIpc) is 3.72. The number of likely N-dealkylation sites (N-methyl/N-ethyl adjacent to an activating group) is 1. The van der Waals surface area contributed by atoms with E-state index in [1.807, 2.05) is 54.6 Å². The van der Waals surface area contributed by atoms with Crippen molar-refractivity contribution in [3.63, 3.8) is 0 Å². The van der Waals surface area contributed by atoms with Crippen LogP contribution in [-0.2, 0) is 22.4 Å². The molecule has 4 N–H and O–H groups in total. The molecule has 0 radical (unpaired) electrons. The number of nitrogens with zero attached hydrogens (tertiary/aromatic N) is 4. The fourth-order valence-corrected chi connectivity index (χ4v) is 7.08. The van der Waals surface area contributed by atoms with Gasteiger partial charge < -0.3 is 21.3 Å². The number of carbonyl (C=O) groups excluding carboxylic acids is 3. The Morgan fingerprint density at radius 3 is 2.24 bits per heavy atom. The van der Waals surface area contributed by atoms with Crippen LogP contribution in [-0.4, -0.2) is 67.7 Å². The van der Waals surface area contributed by atoms with Gasteiger partial charge >= 0.3 is 0 Å². The summed E-state index contributed by atoms with van der Waals surface area (Å²) in [5.74, 6) is 0.398. The minimum atomic E-state index is -0.530. The topological polar surface area (TPSA) is 142 Å². The molecule has 3 aromatic carbocycles. The number of ketones is 1. The van der Waals surface area contributed by atoms with E-state index in [1.165, 1.54) is 0 Å². The van der Waals surface area contributed by atoms with Gasteiger partial charge in [0.2, 0.25) is 5.91 Å². The van der Waals surface area contributed by atoms with Gasteiger partial charge in [0.15, 0.2) is 12.5 Å². The fourth-order valence-electron chi connectivity index (χ4n) is 7.08. The number of carbonyl (C=O) groups is 3. The van der Waals surface area contributed by atoms with Gasteiger partial charge in [-0.1, -0.05) is 51.1 Å². The van der Waals surface area contributed by atoms with Crippen LogP contribution in [0.1, 0.15) is 79.9 Å². The van der Waals surface area contributed by atoms with Gasteiger partial charge in [0, 0.05) is 48.2 Å². The number of aryl methyl sites for hydroxylation is 1. The molecule has 51 heavy (non-hydrogen) atoms. The predicted molar refractivity (Wildman–Crippen MR) is 204 cm³/mol. The van der Waals surface area contributed by atoms with Crippen molar-refractivity contribution >= 4 is 29.1 Å². The molecule has 10 nitrogen and oxygen atoms in total. The third kappa shape index (κ3) is 10.3. The Balaban J connectivity index is 1.30. The molecule has 1 saturated carbocycles. The molecule has 270 valence electrons. The van der Waals surface area contributed by atoms with Crippen molar-refractivity contribution in [2.45, 2.75) is 65.7 Å². The molecular formula is C41H53N7O3. The van der Waals surface area contributed by atoms with Gasteiger partial charge in [-0.2, -0.15) is 5.11 Å². The monoisotopic (exact) mass is 691 g/mol. The van der Waals surface area contributed by atoms with Crippen molar-refractivity contribution in [1.82, 2.24) is 10.2 Å². The van der Waals surface area contributed by atoms with Crippen LogP contribution in [0.3, 0.4) is 0 Å². The molecule has 1 atom stereocenters. The van der Waals surface area contributed by atoms with Gasteiger partial charge in [-0.25, -0.2) is 4.99 Å². The molecule has 0 aromatic heterocycles. The zero-order chi connectivity index (χ0) is 36.2. The Morgan fingerprint density at radius 1 is 0.902 bits per heavy atom. The van der Waals surface area contributed by atoms with E-state index in [-0.39, 0.29) is 29.9 Å². The van der Waals surface area contributed by atoms with E-state index in [0.717, 1.165) is 79.6 Å². The summed E-state index contributed by atoms with van der Waals surface area (Å²) in [5.41, 5.74) is 12.2. The first-order chi connectivity index (χ1) is 24.8. The quantitative estimate of drug-likeness (QED) is 0.145. The lowest BCUT2D eigenvalue weighted by molar-refractivity contribution is -0.129. The minimum absolute atomic E-state index is 0.0275. The largest absolute Gasteiger partial charge is 0.351 e. The van der Waals surface area contributed by atoms with E-state index in [1.54, 1.807) is 0 Å². The number of aliphatic imine (C=N–C) groups is 1. The summed E-state index contributed by atoms with van der Waals surface area (Å²) in [5, 5.41) is 14.1. The van der Waals surface area contributed by atoms with E-state index >= 15 is 0 Å². The number of amides is 2. The summed E-state index contributed by atoms with van der Waals surface area (Å²) in [4.78, 5) is 47.0. The molecule has 10 heteroatoms. The van der Waals surface area contributed by atoms with Crippen LogP contribution >= 0.6 is 0 Å². The van der Waals surface area contributed by atoms with Crippen LogP contribution in [0.4, 0.5) is 5.69 Å². The van der Waals surface area contributed by atoms with Gasteiger partial charge in [0.1, 0.15) is 5.78 Å². The second-order valence-electron chi connectivity index (χ2n) is 13.7. The van der Waals surface area contributed by atoms with Crippen molar-refractivity contribution in [2.24, 2.45) is 38.7 Å². The zero-order valence-electron chi connectivity index (χ0n) is 30.4. The van der Waals surface area contributed by atoms with Crippen molar-refractivity contribution in [3.8, 4) is 11.1 Å². The number of nitrogens with one attached hydrogen (secondary N) is 2. The zero-order valence-corrected chi connectivity index (χ0v) is 30.4. The summed E-state index contributed by atoms with van der Waals surface area (Å²) in [6.07, 6.45) is 5.03. The molecule has 3 aromatic rings. The van der Waals surface area contributed by atoms with Gasteiger partial charge in [0.05, 0.1) is 0 Å². The number of hydrogen-bond donors (Lipinski definition) is 3. The summed E-state index contributed by atoms with van der Waals surface area (Å²) in [6.45, 7) is 10.7. The van der Waals surface area contributed by atoms with E-state index in [2.05, 4.69) is 63.7 Å². The fraction of sp³-hybridized carbons (Fsp3) is 0.463. The van der Waals surface area contributed by atoms with E-state index in [4.69, 9.17) is 5.73 Å². The van der Waals surface area contributed by atoms with Crippen molar-refractivity contribution < 1.29 is 14.4 Å². The first-order valence-corrected chi connectivity index (χ1v) is 18.6. The lowest BCUT2D eigenvalue weighted by Crippen LogP contribution is -2.34. The Bertz CT molecular complexity index is 1690. The van der Waals surface area contributed by atoms with Crippen molar-refractivity contribution in [2.75, 3.05) is 44.7 Å². The summed E-state index contributed by atoms with van der Waals surface area (Å²) < 4.78 is 0. The Hall–Kier alpha value is -4.54. The Labute approximate surface area is 302 Å². The highest BCUT2D eigenvalue weighted by atomic mass is 16.2. The van der Waals surface area contributed by atoms with Crippen molar-refractivity contribution in [1.29, 1.82) is 0 Å². The van der Waals surface area contributed by atoms with Gasteiger partial charge in [0.25, 0.3) is 5.91 Å². The number of rotatable bonds is 17. The Morgan fingerprint density at radius 2 is 1.61 bits per heavy atom. The number of Topliss-reactive ketones (excluding diaryl/α,β-unsaturated/α-hetero) is 1. The highest BCUT2D eigenvalue weighted by molar-refractivity contribution is 6.01. The number of benzene rings is 3. The molecule has 0 unspecified atom stereocenters. The van der Waals surface area contributed by atoms with E-state index in [9.17, 15) is 14.4 Å². The molecular weight excluding hydrogens is 638 g/mol. The lowest BCUT2D eigenvalue weighted by Gasteiger charge is -2.27. The number of hydrogen-bond acceptors (Lipinski definition) is 8. The maximum absolute atomic E-state index is 13.8. The molecule has 0 spiro atoms. The van der Waals surface area contributed by atoms with Crippen LogP contribution in [0.15, 0.2) is 82.0 Å². The number of anilines is 1. The van der Waals surface area contributed by atoms with Gasteiger partial charge in [-0.15, -0.1) is 5.11 Å². The molecule has 2 aliphatic rings. The van der Waals surface area contributed by atoms with Gasteiger partial charge in [-0.05, 0) is 123 Å². The number of amidine groups is 1. The molecule has 2 amide bonds. The smallest absolute Gasteiger partial charge is 0.251 e. The number of nitrogens with two attached hydrogens (primary N) is 1. The third-order valence-electron chi connectivity index (χ3n) is 10.4. The normalized spacial score (nSPS) is 17.6.